The lowest BCUT2D eigenvalue weighted by Crippen LogP contribution is -2.44. The van der Waals surface area contributed by atoms with Crippen molar-refractivity contribution >= 4 is 33.0 Å². The Kier molecular flexibility index (Phi) is 5.19. The summed E-state index contributed by atoms with van der Waals surface area (Å²) in [6, 6.07) is 21.3. The van der Waals surface area contributed by atoms with Gasteiger partial charge in [0, 0.05) is 18.5 Å². The van der Waals surface area contributed by atoms with Crippen LogP contribution in [0.15, 0.2) is 82.7 Å². The van der Waals surface area contributed by atoms with Crippen molar-refractivity contribution < 1.29 is 17.9 Å². The van der Waals surface area contributed by atoms with Crippen molar-refractivity contribution in [3.8, 4) is 5.75 Å². The second kappa shape index (κ2) is 8.20. The number of ketones is 1. The Hall–Kier alpha value is -3.65. The molecule has 0 aromatic heterocycles. The topological polar surface area (TPSA) is 79.3 Å². The van der Waals surface area contributed by atoms with Gasteiger partial charge in [0.1, 0.15) is 12.4 Å². The number of rotatable bonds is 5. The highest BCUT2D eigenvalue weighted by Crippen LogP contribution is 2.40. The van der Waals surface area contributed by atoms with Crippen molar-refractivity contribution in [1.29, 1.82) is 0 Å². The fraction of sp³-hybridized carbons (Fsp3) is 0.286. The summed E-state index contributed by atoms with van der Waals surface area (Å²) < 4.78 is 35.5. The molecule has 0 saturated heterocycles. The number of carbonyl (C=O) groups excluding carboxylic acids is 1. The molecule has 7 nitrogen and oxygen atoms in total. The van der Waals surface area contributed by atoms with Crippen molar-refractivity contribution in [3.05, 3.63) is 83.9 Å². The van der Waals surface area contributed by atoms with Gasteiger partial charge >= 0.3 is 0 Å². The first kappa shape index (κ1) is 22.8. The van der Waals surface area contributed by atoms with E-state index in [4.69, 9.17) is 4.74 Å². The molecule has 3 heterocycles. The van der Waals surface area contributed by atoms with Gasteiger partial charge < -0.3 is 9.64 Å². The minimum atomic E-state index is -3.96. The zero-order valence-electron chi connectivity index (χ0n) is 20.2. The highest BCUT2D eigenvalue weighted by atomic mass is 32.2. The van der Waals surface area contributed by atoms with Crippen molar-refractivity contribution in [2.24, 2.45) is 10.4 Å². The maximum absolute atomic E-state index is 14.1. The van der Waals surface area contributed by atoms with Crippen LogP contribution in [-0.2, 0) is 16.4 Å². The van der Waals surface area contributed by atoms with E-state index in [1.807, 2.05) is 59.5 Å². The average Bonchev–Trinajstić information content (AvgIpc) is 3.38. The predicted molar refractivity (Wildman–Crippen MR) is 140 cm³/mol. The van der Waals surface area contributed by atoms with Gasteiger partial charge in [-0.3, -0.25) is 14.1 Å². The normalized spacial score (nSPS) is 20.0. The summed E-state index contributed by atoms with van der Waals surface area (Å²) in [5, 5.41) is 0. The summed E-state index contributed by atoms with van der Waals surface area (Å²) in [7, 11) is -3.96. The van der Waals surface area contributed by atoms with Crippen LogP contribution in [0, 0.1) is 5.41 Å². The van der Waals surface area contributed by atoms with E-state index in [2.05, 4.69) is 18.8 Å². The number of ether oxygens (including phenoxy) is 1. The molecule has 6 rings (SSSR count). The molecule has 36 heavy (non-hydrogen) atoms. The van der Waals surface area contributed by atoms with Crippen LogP contribution in [0.1, 0.15) is 29.8 Å². The van der Waals surface area contributed by atoms with Crippen molar-refractivity contribution in [1.82, 2.24) is 0 Å². The summed E-state index contributed by atoms with van der Waals surface area (Å²) in [6.45, 7) is 5.65. The molecule has 0 aliphatic carbocycles. The second-order valence-electron chi connectivity index (χ2n) is 10.3. The number of Topliss-reactive ketones (excluding diaryl/α,β-unsaturated/α-hetero) is 1. The zero-order valence-corrected chi connectivity index (χ0v) is 21.0. The number of para-hydroxylation sites is 2. The molecule has 3 aromatic carbocycles. The molecular formula is C28H27N3O4S. The van der Waals surface area contributed by atoms with Gasteiger partial charge in [-0.15, -0.1) is 0 Å². The molecule has 0 radical (unpaired) electrons. The van der Waals surface area contributed by atoms with Crippen LogP contribution in [0.4, 0.5) is 11.4 Å². The van der Waals surface area contributed by atoms with Crippen molar-refractivity contribution in [2.45, 2.75) is 31.2 Å². The quantitative estimate of drug-likeness (QED) is 0.520. The van der Waals surface area contributed by atoms with E-state index >= 15 is 0 Å². The summed E-state index contributed by atoms with van der Waals surface area (Å²) in [5.41, 5.74) is 2.64. The molecule has 0 spiro atoms. The van der Waals surface area contributed by atoms with Gasteiger partial charge in [-0.2, -0.15) is 0 Å². The fourth-order valence-electron chi connectivity index (χ4n) is 5.24. The van der Waals surface area contributed by atoms with Crippen LogP contribution in [0.2, 0.25) is 0 Å². The van der Waals surface area contributed by atoms with E-state index in [1.165, 1.54) is 10.4 Å². The number of anilines is 2. The third kappa shape index (κ3) is 3.67. The van der Waals surface area contributed by atoms with Gasteiger partial charge in [0.15, 0.2) is 5.84 Å². The average molecular weight is 502 g/mol. The van der Waals surface area contributed by atoms with Gasteiger partial charge in [-0.05, 0) is 48.4 Å². The molecule has 3 aliphatic heterocycles. The van der Waals surface area contributed by atoms with Crippen LogP contribution < -0.4 is 13.9 Å². The van der Waals surface area contributed by atoms with Gasteiger partial charge in [0.25, 0.3) is 10.0 Å². The van der Waals surface area contributed by atoms with Crippen LogP contribution in [0.25, 0.3) is 0 Å². The van der Waals surface area contributed by atoms with Crippen LogP contribution in [-0.4, -0.2) is 45.8 Å². The van der Waals surface area contributed by atoms with Crippen LogP contribution in [0.3, 0.4) is 0 Å². The number of hydrogen-bond donors (Lipinski definition) is 0. The lowest BCUT2D eigenvalue weighted by Gasteiger charge is -2.34. The monoisotopic (exact) mass is 501 g/mol. The number of hydrogen-bond acceptors (Lipinski definition) is 6. The van der Waals surface area contributed by atoms with Gasteiger partial charge in [-0.1, -0.05) is 50.2 Å². The lowest BCUT2D eigenvalue weighted by atomic mass is 9.91. The molecule has 3 aliphatic rings. The van der Waals surface area contributed by atoms with E-state index in [0.717, 1.165) is 11.3 Å². The van der Waals surface area contributed by atoms with Gasteiger partial charge in [0.05, 0.1) is 27.9 Å². The molecule has 0 N–H and O–H groups in total. The predicted octanol–water partition coefficient (Wildman–Crippen LogP) is 4.33. The summed E-state index contributed by atoms with van der Waals surface area (Å²) in [5.74, 6) is 0.872. The summed E-state index contributed by atoms with van der Waals surface area (Å²) >= 11 is 0. The first-order valence-corrected chi connectivity index (χ1v) is 13.5. The van der Waals surface area contributed by atoms with E-state index in [-0.39, 0.29) is 22.7 Å². The number of benzene rings is 3. The standard InChI is InChI=1S/C28H27N3O4S/c1-28(2)17-29-27-26(32)23-15-22(12-13-25(23)30(27)18-28)36(33,34)31-20(14-19-8-6-7-11-24(19)31)16-35-21-9-4-3-5-10-21/h3-13,15,20H,14,16-18H2,1-2H3/t20-/m0/s1. The van der Waals surface area contributed by atoms with Gasteiger partial charge in [0.2, 0.25) is 5.78 Å². The number of amidine groups is 1. The molecule has 0 amide bonds. The molecule has 1 atom stereocenters. The Morgan fingerprint density at radius 2 is 1.75 bits per heavy atom. The smallest absolute Gasteiger partial charge is 0.264 e. The third-order valence-electron chi connectivity index (χ3n) is 6.96. The SMILES string of the molecule is CC1(C)CN=C2C(=O)c3cc(S(=O)(=O)N4c5ccccc5C[C@H]4COc4ccccc4)ccc3N2C1. The summed E-state index contributed by atoms with van der Waals surface area (Å²) in [6.07, 6.45) is 0.547. The van der Waals surface area contributed by atoms with E-state index in [9.17, 15) is 13.2 Å². The Balaban J connectivity index is 1.36. The Morgan fingerprint density at radius 1 is 1.00 bits per heavy atom. The molecular weight excluding hydrogens is 474 g/mol. The molecule has 0 fully saturated rings. The number of fused-ring (bicyclic) bond motifs is 4. The number of carbonyl (C=O) groups is 1. The van der Waals surface area contributed by atoms with Crippen LogP contribution >= 0.6 is 0 Å². The lowest BCUT2D eigenvalue weighted by molar-refractivity contribution is 0.106. The van der Waals surface area contributed by atoms with Crippen molar-refractivity contribution in [3.63, 3.8) is 0 Å². The second-order valence-corrected chi connectivity index (χ2v) is 12.1. The number of sulfonamides is 1. The molecule has 3 aromatic rings. The number of aliphatic imine (C=N–C) groups is 1. The zero-order chi connectivity index (χ0) is 25.1. The molecule has 8 heteroatoms. The highest BCUT2D eigenvalue weighted by molar-refractivity contribution is 7.92. The Labute approximate surface area is 211 Å². The van der Waals surface area contributed by atoms with Gasteiger partial charge in [-0.25, -0.2) is 8.42 Å². The van der Waals surface area contributed by atoms with E-state index in [1.54, 1.807) is 12.1 Å². The van der Waals surface area contributed by atoms with E-state index in [0.29, 0.717) is 42.3 Å². The Bertz CT molecular complexity index is 1500. The minimum Gasteiger partial charge on any atom is -0.491 e. The number of nitrogens with zero attached hydrogens (tertiary/aromatic N) is 3. The largest absolute Gasteiger partial charge is 0.491 e. The molecule has 184 valence electrons. The molecule has 0 unspecified atom stereocenters. The Morgan fingerprint density at radius 3 is 2.56 bits per heavy atom. The van der Waals surface area contributed by atoms with E-state index < -0.39 is 16.1 Å². The minimum absolute atomic E-state index is 0.0681. The first-order chi connectivity index (χ1) is 17.2. The maximum atomic E-state index is 14.1. The highest BCUT2D eigenvalue weighted by Gasteiger charge is 2.43. The molecule has 0 bridgehead atoms. The summed E-state index contributed by atoms with van der Waals surface area (Å²) in [4.78, 5) is 19.7. The van der Waals surface area contributed by atoms with Crippen LogP contribution in [0.5, 0.6) is 5.75 Å². The fourth-order valence-corrected chi connectivity index (χ4v) is 6.94. The maximum Gasteiger partial charge on any atom is 0.264 e. The third-order valence-corrected chi connectivity index (χ3v) is 8.83. The molecule has 0 saturated carbocycles. The van der Waals surface area contributed by atoms with Crippen molar-refractivity contribution in [2.75, 3.05) is 28.9 Å². The first-order valence-electron chi connectivity index (χ1n) is 12.1.